The van der Waals surface area contributed by atoms with Crippen molar-refractivity contribution >= 4 is 11.8 Å². The minimum absolute atomic E-state index is 0.0302. The molecule has 0 bridgehead atoms. The molecule has 30 heavy (non-hydrogen) atoms. The van der Waals surface area contributed by atoms with Crippen LogP contribution in [0.5, 0.6) is 0 Å². The Morgan fingerprint density at radius 1 is 0.767 bits per heavy atom. The van der Waals surface area contributed by atoms with Gasteiger partial charge in [0.15, 0.2) is 5.79 Å². The fraction of sp³-hybridized carbons (Fsp3) is 0.308. The molecule has 0 saturated carbocycles. The molecule has 0 aromatic heterocycles. The van der Waals surface area contributed by atoms with Gasteiger partial charge in [-0.2, -0.15) is 0 Å². The lowest BCUT2D eigenvalue weighted by Crippen LogP contribution is -2.30. The monoisotopic (exact) mass is 420 g/mol. The Hall–Kier alpha value is -2.11. The van der Waals surface area contributed by atoms with Crippen LogP contribution in [0, 0.1) is 0 Å². The molecule has 4 heteroatoms. The first-order valence-corrected chi connectivity index (χ1v) is 11.3. The highest BCUT2D eigenvalue weighted by molar-refractivity contribution is 7.99. The van der Waals surface area contributed by atoms with Crippen LogP contribution in [0.3, 0.4) is 0 Å². The molecule has 1 aliphatic rings. The van der Waals surface area contributed by atoms with Crippen LogP contribution in [0.2, 0.25) is 0 Å². The second kappa shape index (κ2) is 9.80. The molecule has 1 saturated heterocycles. The Labute approximate surface area is 183 Å². The number of thioether (sulfide) groups is 1. The quantitative estimate of drug-likeness (QED) is 0.411. The lowest BCUT2D eigenvalue weighted by atomic mass is 10.0. The van der Waals surface area contributed by atoms with Crippen molar-refractivity contribution in [1.82, 2.24) is 0 Å². The van der Waals surface area contributed by atoms with E-state index in [1.165, 1.54) is 4.90 Å². The van der Waals surface area contributed by atoms with Crippen molar-refractivity contribution in [3.63, 3.8) is 0 Å². The van der Waals surface area contributed by atoms with E-state index in [1.807, 2.05) is 56.3 Å². The smallest absolute Gasteiger partial charge is 0.163 e. The van der Waals surface area contributed by atoms with Gasteiger partial charge < -0.3 is 14.2 Å². The maximum Gasteiger partial charge on any atom is 0.163 e. The largest absolute Gasteiger partial charge is 0.366 e. The summed E-state index contributed by atoms with van der Waals surface area (Å²) < 4.78 is 18.9. The predicted octanol–water partition coefficient (Wildman–Crippen LogP) is 6.11. The van der Waals surface area contributed by atoms with Crippen LogP contribution >= 0.6 is 11.8 Å². The van der Waals surface area contributed by atoms with E-state index in [2.05, 4.69) is 48.5 Å². The first-order chi connectivity index (χ1) is 14.6. The van der Waals surface area contributed by atoms with E-state index >= 15 is 0 Å². The summed E-state index contributed by atoms with van der Waals surface area (Å²) >= 11 is 1.79. The van der Waals surface area contributed by atoms with Crippen LogP contribution in [0.25, 0.3) is 0 Å². The molecule has 1 fully saturated rings. The second-order valence-corrected chi connectivity index (χ2v) is 8.96. The van der Waals surface area contributed by atoms with Gasteiger partial charge in [-0.25, -0.2) is 0 Å². The van der Waals surface area contributed by atoms with Crippen molar-refractivity contribution in [3.8, 4) is 0 Å². The molecule has 3 aromatic carbocycles. The van der Waals surface area contributed by atoms with Crippen molar-refractivity contribution in [2.75, 3.05) is 12.4 Å². The number of rotatable bonds is 8. The van der Waals surface area contributed by atoms with Gasteiger partial charge in [-0.1, -0.05) is 78.9 Å². The van der Waals surface area contributed by atoms with E-state index in [1.54, 1.807) is 11.8 Å². The van der Waals surface area contributed by atoms with Gasteiger partial charge in [0.2, 0.25) is 0 Å². The van der Waals surface area contributed by atoms with E-state index < -0.39 is 5.79 Å². The summed E-state index contributed by atoms with van der Waals surface area (Å²) in [4.78, 5) is 1.23. The predicted molar refractivity (Wildman–Crippen MR) is 122 cm³/mol. The molecule has 3 aromatic rings. The highest BCUT2D eigenvalue weighted by atomic mass is 32.2. The Kier molecular flexibility index (Phi) is 6.90. The van der Waals surface area contributed by atoms with E-state index in [4.69, 9.17) is 14.2 Å². The molecule has 4 rings (SSSR count). The average molecular weight is 421 g/mol. The highest BCUT2D eigenvalue weighted by Gasteiger charge is 2.41. The van der Waals surface area contributed by atoms with Gasteiger partial charge in [-0.15, -0.1) is 11.8 Å². The maximum atomic E-state index is 6.46. The standard InChI is InChI=1S/C26H28O3S/c1-26(2)28-23(24(29-26)19-30-22-16-10-5-11-17-22)18-27-25(20-12-6-3-7-13-20)21-14-8-4-9-15-21/h3-17,23-25H,18-19H2,1-2H3/t23-,24+/m1/s1. The van der Waals surface area contributed by atoms with Crippen LogP contribution in [0.4, 0.5) is 0 Å². The molecular weight excluding hydrogens is 392 g/mol. The van der Waals surface area contributed by atoms with E-state index in [0.717, 1.165) is 16.9 Å². The number of hydrogen-bond donors (Lipinski definition) is 0. The number of ether oxygens (including phenoxy) is 3. The van der Waals surface area contributed by atoms with Gasteiger partial charge in [-0.3, -0.25) is 0 Å². The third-order valence-electron chi connectivity index (χ3n) is 5.07. The second-order valence-electron chi connectivity index (χ2n) is 7.87. The zero-order valence-corrected chi connectivity index (χ0v) is 18.3. The van der Waals surface area contributed by atoms with Crippen molar-refractivity contribution in [1.29, 1.82) is 0 Å². The molecule has 0 unspecified atom stereocenters. The molecule has 1 aliphatic heterocycles. The Bertz CT molecular complexity index is 860. The zero-order valence-electron chi connectivity index (χ0n) is 17.4. The first-order valence-electron chi connectivity index (χ1n) is 10.4. The number of hydrogen-bond acceptors (Lipinski definition) is 4. The van der Waals surface area contributed by atoms with Crippen molar-refractivity contribution in [2.24, 2.45) is 0 Å². The molecular formula is C26H28O3S. The number of benzene rings is 3. The summed E-state index contributed by atoms with van der Waals surface area (Å²) in [6.07, 6.45) is -0.286. The minimum atomic E-state index is -0.606. The molecule has 0 aliphatic carbocycles. The van der Waals surface area contributed by atoms with Gasteiger partial charge in [0.05, 0.1) is 12.7 Å². The molecule has 3 nitrogen and oxygen atoms in total. The Morgan fingerprint density at radius 2 is 1.27 bits per heavy atom. The maximum absolute atomic E-state index is 6.46. The minimum Gasteiger partial charge on any atom is -0.366 e. The van der Waals surface area contributed by atoms with E-state index in [0.29, 0.717) is 6.61 Å². The highest BCUT2D eigenvalue weighted by Crippen LogP contribution is 2.34. The summed E-state index contributed by atoms with van der Waals surface area (Å²) in [7, 11) is 0. The van der Waals surface area contributed by atoms with Gasteiger partial charge in [0.1, 0.15) is 12.2 Å². The third-order valence-corrected chi connectivity index (χ3v) is 6.18. The molecule has 0 spiro atoms. The average Bonchev–Trinajstić information content (AvgIpc) is 3.08. The molecule has 1 heterocycles. The Balaban J connectivity index is 1.46. The molecule has 0 radical (unpaired) electrons. The van der Waals surface area contributed by atoms with Crippen molar-refractivity contribution in [2.45, 2.75) is 42.8 Å². The van der Waals surface area contributed by atoms with Crippen LogP contribution in [-0.4, -0.2) is 30.4 Å². The van der Waals surface area contributed by atoms with Crippen LogP contribution in [0.1, 0.15) is 31.1 Å². The molecule has 0 amide bonds. The van der Waals surface area contributed by atoms with Crippen molar-refractivity contribution < 1.29 is 14.2 Å². The zero-order chi connectivity index (χ0) is 20.8. The molecule has 156 valence electrons. The summed E-state index contributed by atoms with van der Waals surface area (Å²) in [6.45, 7) is 4.41. The first kappa shape index (κ1) is 21.1. The van der Waals surface area contributed by atoms with Crippen LogP contribution in [0.15, 0.2) is 95.9 Å². The lowest BCUT2D eigenvalue weighted by Gasteiger charge is -2.23. The van der Waals surface area contributed by atoms with Gasteiger partial charge >= 0.3 is 0 Å². The van der Waals surface area contributed by atoms with E-state index in [9.17, 15) is 0 Å². The van der Waals surface area contributed by atoms with Gasteiger partial charge in [0.25, 0.3) is 0 Å². The topological polar surface area (TPSA) is 27.7 Å². The van der Waals surface area contributed by atoms with Crippen LogP contribution < -0.4 is 0 Å². The van der Waals surface area contributed by atoms with Crippen molar-refractivity contribution in [3.05, 3.63) is 102 Å². The fourth-order valence-corrected chi connectivity index (χ4v) is 4.71. The summed E-state index contributed by atoms with van der Waals surface area (Å²) in [5.41, 5.74) is 2.27. The Morgan fingerprint density at radius 3 is 1.83 bits per heavy atom. The SMILES string of the molecule is CC1(C)O[C@@H](CSc2ccccc2)[C@@H](COC(c2ccccc2)c2ccccc2)O1. The van der Waals surface area contributed by atoms with Gasteiger partial charge in [0, 0.05) is 10.6 Å². The third kappa shape index (κ3) is 5.52. The van der Waals surface area contributed by atoms with Gasteiger partial charge in [-0.05, 0) is 37.1 Å². The normalized spacial score (nSPS) is 20.5. The van der Waals surface area contributed by atoms with Crippen LogP contribution in [-0.2, 0) is 14.2 Å². The molecule has 2 atom stereocenters. The summed E-state index contributed by atoms with van der Waals surface area (Å²) in [5, 5.41) is 0. The van der Waals surface area contributed by atoms with E-state index in [-0.39, 0.29) is 18.3 Å². The summed E-state index contributed by atoms with van der Waals surface area (Å²) in [5.74, 6) is 0.216. The lowest BCUT2D eigenvalue weighted by molar-refractivity contribution is -0.151. The fourth-order valence-electron chi connectivity index (χ4n) is 3.72. The molecule has 0 N–H and O–H groups in total. The summed E-state index contributed by atoms with van der Waals surface area (Å²) in [6, 6.07) is 31.1.